The van der Waals surface area contributed by atoms with Gasteiger partial charge in [-0.15, -0.1) is 0 Å². The first-order valence-electron chi connectivity index (χ1n) is 5.58. The van der Waals surface area contributed by atoms with Crippen molar-refractivity contribution in [2.45, 2.75) is 0 Å². The van der Waals surface area contributed by atoms with E-state index in [9.17, 15) is 10.4 Å². The summed E-state index contributed by atoms with van der Waals surface area (Å²) in [6.45, 7) is 0. The number of hydrogen-bond donors (Lipinski definition) is 1. The molecular formula is C13H9N4O2S-. The van der Waals surface area contributed by atoms with Crippen molar-refractivity contribution in [1.29, 1.82) is 0 Å². The van der Waals surface area contributed by atoms with Crippen LogP contribution in [-0.4, -0.2) is 21.5 Å². The fraction of sp³-hybridized carbons (Fsp3) is 0. The monoisotopic (exact) mass is 285 g/mol. The summed E-state index contributed by atoms with van der Waals surface area (Å²) < 4.78 is 0. The molecule has 2 rings (SSSR count). The lowest BCUT2D eigenvalue weighted by Gasteiger charge is -2.08. The number of benzene rings is 1. The Morgan fingerprint density at radius 1 is 1.05 bits per heavy atom. The van der Waals surface area contributed by atoms with Crippen LogP contribution >= 0.6 is 12.2 Å². The summed E-state index contributed by atoms with van der Waals surface area (Å²) in [5.41, 5.74) is 4.95. The van der Waals surface area contributed by atoms with Gasteiger partial charge in [-0.1, -0.05) is 0 Å². The molecule has 1 aromatic carbocycles. The van der Waals surface area contributed by atoms with E-state index in [0.717, 1.165) is 5.69 Å². The van der Waals surface area contributed by atoms with Gasteiger partial charge in [0.05, 0.1) is 22.2 Å². The highest BCUT2D eigenvalue weighted by Crippen LogP contribution is 2.15. The van der Waals surface area contributed by atoms with Crippen molar-refractivity contribution < 1.29 is 4.90 Å². The molecule has 1 aromatic rings. The molecule has 1 N–H and O–H groups in total. The fourth-order valence-corrected chi connectivity index (χ4v) is 1.55. The predicted molar refractivity (Wildman–Crippen MR) is 82.5 cm³/mol. The zero-order valence-corrected chi connectivity index (χ0v) is 11.0. The van der Waals surface area contributed by atoms with Gasteiger partial charge >= 0.3 is 0 Å². The van der Waals surface area contributed by atoms with Crippen LogP contribution < -0.4 is 5.43 Å². The molecule has 0 unspecified atom stereocenters. The highest BCUT2D eigenvalue weighted by molar-refractivity contribution is 7.78. The minimum atomic E-state index is -0.452. The minimum Gasteiger partial charge on any atom is -0.612 e. The second-order valence-corrected chi connectivity index (χ2v) is 3.93. The van der Waals surface area contributed by atoms with Crippen LogP contribution in [0.3, 0.4) is 0 Å². The maximum Gasteiger partial charge on any atom is 0.222 e. The maximum atomic E-state index is 10.5. The molecule has 6 nitrogen and oxygen atoms in total. The van der Waals surface area contributed by atoms with Crippen LogP contribution in [0.5, 0.6) is 0 Å². The number of nitrogens with zero attached hydrogens (tertiary/aromatic N) is 3. The van der Waals surface area contributed by atoms with Crippen molar-refractivity contribution in [3.05, 3.63) is 59.0 Å². The van der Waals surface area contributed by atoms with Crippen LogP contribution in [0.4, 0.5) is 11.4 Å². The van der Waals surface area contributed by atoms with Crippen molar-refractivity contribution >= 4 is 40.2 Å². The molecule has 0 amide bonds. The summed E-state index contributed by atoms with van der Waals surface area (Å²) in [6, 6.07) is 7.13. The SMILES string of the molecule is [O-][N+]([O-])=C1C=CC(=NNc2ccc(N=C=S)cc2)C=C1. The van der Waals surface area contributed by atoms with E-state index < -0.39 is 4.90 Å². The molecule has 0 spiro atoms. The molecule has 0 aliphatic heterocycles. The zero-order valence-electron chi connectivity index (χ0n) is 10.2. The Bertz CT molecular complexity index is 646. The quantitative estimate of drug-likeness (QED) is 0.304. The molecule has 1 aliphatic carbocycles. The summed E-state index contributed by atoms with van der Waals surface area (Å²) in [5, 5.41) is 27.4. The van der Waals surface area contributed by atoms with Gasteiger partial charge in [-0.3, -0.25) is 5.43 Å². The molecule has 0 saturated heterocycles. The first-order chi connectivity index (χ1) is 9.69. The molecule has 0 radical (unpaired) electrons. The predicted octanol–water partition coefficient (Wildman–Crippen LogP) is 2.76. The number of aliphatic imine (C=N–C) groups is 1. The van der Waals surface area contributed by atoms with Crippen molar-refractivity contribution in [1.82, 2.24) is 0 Å². The lowest BCUT2D eigenvalue weighted by atomic mass is 10.1. The first kappa shape index (κ1) is 13.7. The second kappa shape index (κ2) is 6.42. The molecule has 0 fully saturated rings. The molecular weight excluding hydrogens is 276 g/mol. The third-order valence-corrected chi connectivity index (χ3v) is 2.51. The van der Waals surface area contributed by atoms with Gasteiger partial charge in [0.25, 0.3) is 0 Å². The number of isothiocyanates is 1. The van der Waals surface area contributed by atoms with Crippen molar-refractivity contribution in [2.75, 3.05) is 5.43 Å². The van der Waals surface area contributed by atoms with Crippen molar-refractivity contribution in [3.63, 3.8) is 0 Å². The maximum absolute atomic E-state index is 10.5. The molecule has 0 saturated carbocycles. The largest absolute Gasteiger partial charge is 0.612 e. The van der Waals surface area contributed by atoms with Crippen LogP contribution in [0.1, 0.15) is 0 Å². The van der Waals surface area contributed by atoms with E-state index in [2.05, 4.69) is 32.9 Å². The van der Waals surface area contributed by atoms with Crippen LogP contribution in [0.2, 0.25) is 0 Å². The molecule has 1 aliphatic rings. The number of hydrazone groups is 1. The Labute approximate surface area is 120 Å². The van der Waals surface area contributed by atoms with Crippen molar-refractivity contribution in [2.24, 2.45) is 10.1 Å². The normalized spacial score (nSPS) is 12.8. The Hall–Kier alpha value is -2.76. The minimum absolute atomic E-state index is 0.0336. The van der Waals surface area contributed by atoms with Crippen molar-refractivity contribution in [3.8, 4) is 0 Å². The third-order valence-electron chi connectivity index (χ3n) is 2.42. The zero-order chi connectivity index (χ0) is 14.4. The van der Waals surface area contributed by atoms with E-state index in [4.69, 9.17) is 0 Å². The van der Waals surface area contributed by atoms with E-state index in [1.165, 1.54) is 12.2 Å². The van der Waals surface area contributed by atoms with E-state index in [0.29, 0.717) is 11.4 Å². The highest BCUT2D eigenvalue weighted by Gasteiger charge is 2.03. The number of anilines is 1. The summed E-state index contributed by atoms with van der Waals surface area (Å²) in [6.07, 6.45) is 5.93. The van der Waals surface area contributed by atoms with Gasteiger partial charge in [0.15, 0.2) is 0 Å². The third kappa shape index (κ3) is 3.61. The smallest absolute Gasteiger partial charge is 0.222 e. The highest BCUT2D eigenvalue weighted by atomic mass is 32.1. The molecule has 100 valence electrons. The lowest BCUT2D eigenvalue weighted by Crippen LogP contribution is -2.09. The Morgan fingerprint density at radius 2 is 1.70 bits per heavy atom. The standard InChI is InChI=1S/C13H9N4O2S/c18-17(19)13-7-5-12(6-8-13)16-15-11-3-1-10(2-4-11)14-9-20/h1-8,15H/q-1. The van der Waals surface area contributed by atoms with Crippen LogP contribution in [0.25, 0.3) is 0 Å². The Kier molecular flexibility index (Phi) is 4.39. The molecule has 0 bridgehead atoms. The lowest BCUT2D eigenvalue weighted by molar-refractivity contribution is -0.377. The average Bonchev–Trinajstić information content (AvgIpc) is 2.47. The molecule has 20 heavy (non-hydrogen) atoms. The Balaban J connectivity index is 2.04. The first-order valence-corrected chi connectivity index (χ1v) is 5.99. The van der Waals surface area contributed by atoms with Crippen LogP contribution in [0, 0.1) is 10.4 Å². The van der Waals surface area contributed by atoms with Gasteiger partial charge < -0.3 is 10.4 Å². The van der Waals surface area contributed by atoms with E-state index >= 15 is 0 Å². The summed E-state index contributed by atoms with van der Waals surface area (Å²) >= 11 is 4.51. The van der Waals surface area contributed by atoms with Gasteiger partial charge in [0.1, 0.15) is 0 Å². The molecule has 0 aromatic heterocycles. The van der Waals surface area contributed by atoms with E-state index in [1.807, 2.05) is 0 Å². The fourth-order valence-electron chi connectivity index (χ4n) is 1.44. The number of hydrogen-bond acceptors (Lipinski definition) is 6. The molecule has 0 atom stereocenters. The van der Waals surface area contributed by atoms with Gasteiger partial charge in [0.2, 0.25) is 5.71 Å². The van der Waals surface area contributed by atoms with Gasteiger partial charge in [-0.05, 0) is 48.6 Å². The van der Waals surface area contributed by atoms with E-state index in [1.54, 1.807) is 36.4 Å². The summed E-state index contributed by atoms with van der Waals surface area (Å²) in [5.74, 6) is 0. The number of thiocarbonyl (C=S) groups is 1. The number of rotatable bonds is 3. The summed E-state index contributed by atoms with van der Waals surface area (Å²) in [7, 11) is 0. The molecule has 0 heterocycles. The van der Waals surface area contributed by atoms with Crippen LogP contribution in [-0.2, 0) is 0 Å². The summed E-state index contributed by atoms with van der Waals surface area (Å²) in [4.78, 5) is 3.38. The Morgan fingerprint density at radius 3 is 2.25 bits per heavy atom. The van der Waals surface area contributed by atoms with Crippen LogP contribution in [0.15, 0.2) is 58.7 Å². The van der Waals surface area contributed by atoms with Gasteiger partial charge in [-0.25, -0.2) is 0 Å². The van der Waals surface area contributed by atoms with Gasteiger partial charge in [-0.2, -0.15) is 15.0 Å². The van der Waals surface area contributed by atoms with Gasteiger partial charge in [0, 0.05) is 12.2 Å². The number of nitrogens with one attached hydrogen (secondary N) is 1. The second-order valence-electron chi connectivity index (χ2n) is 3.75. The topological polar surface area (TPSA) is 85.9 Å². The number of allylic oxidation sites excluding steroid dienone is 4. The average molecular weight is 285 g/mol. The molecule has 7 heteroatoms. The van der Waals surface area contributed by atoms with E-state index in [-0.39, 0.29) is 5.71 Å².